The molecule has 4 aromatic rings. The number of pyridine rings is 1. The van der Waals surface area contributed by atoms with Crippen LogP contribution >= 0.6 is 0 Å². The predicted octanol–water partition coefficient (Wildman–Crippen LogP) is 4.43. The molecule has 1 saturated carbocycles. The van der Waals surface area contributed by atoms with Crippen LogP contribution < -0.4 is 5.69 Å². The molecule has 0 bridgehead atoms. The second kappa shape index (κ2) is 9.83. The van der Waals surface area contributed by atoms with Crippen LogP contribution in [0.25, 0.3) is 11.2 Å². The van der Waals surface area contributed by atoms with Crippen molar-refractivity contribution in [3.63, 3.8) is 0 Å². The molecule has 1 aliphatic carbocycles. The molecule has 40 heavy (non-hydrogen) atoms. The minimum absolute atomic E-state index is 0.0178. The number of halogens is 3. The molecule has 210 valence electrons. The maximum atomic E-state index is 14.2. The van der Waals surface area contributed by atoms with Crippen molar-refractivity contribution in [2.24, 2.45) is 13.0 Å². The largest absolute Gasteiger partial charge is 0.418 e. The molecule has 2 aliphatic rings. The summed E-state index contributed by atoms with van der Waals surface area (Å²) in [5, 5.41) is 8.39. The fourth-order valence-corrected chi connectivity index (χ4v) is 5.89. The van der Waals surface area contributed by atoms with Crippen LogP contribution in [0.5, 0.6) is 0 Å². The Balaban J connectivity index is 1.43. The van der Waals surface area contributed by atoms with Crippen LogP contribution in [0.1, 0.15) is 54.1 Å². The molecule has 0 spiro atoms. The van der Waals surface area contributed by atoms with Gasteiger partial charge in [-0.3, -0.25) is 8.97 Å². The van der Waals surface area contributed by atoms with E-state index in [9.17, 15) is 22.8 Å². The van der Waals surface area contributed by atoms with Crippen LogP contribution in [0.15, 0.2) is 53.8 Å². The van der Waals surface area contributed by atoms with Crippen LogP contribution in [0.4, 0.5) is 18.0 Å². The second-order valence-corrected chi connectivity index (χ2v) is 10.8. The summed E-state index contributed by atoms with van der Waals surface area (Å²) in [6, 6.07) is 8.15. The fraction of sp³-hybridized carbons (Fsp3) is 0.429. The zero-order chi connectivity index (χ0) is 28.2. The third-order valence-corrected chi connectivity index (χ3v) is 8.17. The lowest BCUT2D eigenvalue weighted by Gasteiger charge is -2.33. The van der Waals surface area contributed by atoms with E-state index in [0.717, 1.165) is 47.5 Å². The number of amides is 2. The van der Waals surface area contributed by atoms with Crippen LogP contribution in [-0.4, -0.2) is 59.7 Å². The van der Waals surface area contributed by atoms with Crippen molar-refractivity contribution >= 4 is 11.5 Å². The Hall–Kier alpha value is -4.09. The highest BCUT2D eigenvalue weighted by atomic mass is 19.4. The first kappa shape index (κ1) is 26.1. The zero-order valence-corrected chi connectivity index (χ0v) is 22.3. The molecule has 1 saturated heterocycles. The number of imidazole rings is 1. The van der Waals surface area contributed by atoms with Gasteiger partial charge in [-0.2, -0.15) is 13.2 Å². The lowest BCUT2D eigenvalue weighted by atomic mass is 9.72. The summed E-state index contributed by atoms with van der Waals surface area (Å²) >= 11 is 0. The molecule has 1 aliphatic heterocycles. The number of carbonyl (C=O) groups is 1. The van der Waals surface area contributed by atoms with E-state index in [-0.39, 0.29) is 29.6 Å². The van der Waals surface area contributed by atoms with Gasteiger partial charge in [-0.05, 0) is 54.5 Å². The van der Waals surface area contributed by atoms with Crippen LogP contribution in [0.2, 0.25) is 0 Å². The maximum absolute atomic E-state index is 14.2. The average molecular weight is 554 g/mol. The quantitative estimate of drug-likeness (QED) is 0.354. The van der Waals surface area contributed by atoms with E-state index in [2.05, 4.69) is 10.2 Å². The average Bonchev–Trinajstić information content (AvgIpc) is 3.46. The molecular weight excluding hydrogens is 523 g/mol. The van der Waals surface area contributed by atoms with Gasteiger partial charge in [0.2, 0.25) is 0 Å². The number of carbonyl (C=O) groups excluding carboxylic acids is 1. The molecule has 2 amide bonds. The van der Waals surface area contributed by atoms with Crippen molar-refractivity contribution < 1.29 is 18.0 Å². The Labute approximate surface area is 228 Å². The Kier molecular flexibility index (Phi) is 6.42. The Morgan fingerprint density at radius 3 is 2.52 bits per heavy atom. The number of urea groups is 1. The first-order valence-corrected chi connectivity index (χ1v) is 13.4. The van der Waals surface area contributed by atoms with Gasteiger partial charge in [0, 0.05) is 52.0 Å². The van der Waals surface area contributed by atoms with Crippen molar-refractivity contribution in [2.45, 2.75) is 44.3 Å². The van der Waals surface area contributed by atoms with Crippen LogP contribution in [0.3, 0.4) is 0 Å². The topological polar surface area (TPSA) is 80.7 Å². The van der Waals surface area contributed by atoms with Crippen molar-refractivity contribution in [2.75, 3.05) is 20.1 Å². The van der Waals surface area contributed by atoms with E-state index in [1.807, 2.05) is 29.8 Å². The standard InChI is InChI=1S/C28H30F3N7O2/c1-34-10-5-11-36(26(34)39)14-18-12-22(28(29,30)31)23-16-37(27(40)38(23)15-18)21-9-4-8-20(13-21)24(19-6-3-7-19)25-33-32-17-35(25)2/h4,8-9,12-13,15-17,19,24H,3,5-7,10-11,14H2,1-2H3/t24-/m1/s1. The summed E-state index contributed by atoms with van der Waals surface area (Å²) < 4.78 is 46.9. The number of hydrogen-bond donors (Lipinski definition) is 0. The molecule has 12 heteroatoms. The molecule has 6 rings (SSSR count). The molecule has 0 N–H and O–H groups in total. The van der Waals surface area contributed by atoms with Crippen LogP contribution in [-0.2, 0) is 19.8 Å². The molecule has 2 fully saturated rings. The fourth-order valence-electron chi connectivity index (χ4n) is 5.89. The zero-order valence-electron chi connectivity index (χ0n) is 22.3. The van der Waals surface area contributed by atoms with Gasteiger partial charge in [0.15, 0.2) is 0 Å². The number of aryl methyl sites for hydroxylation is 1. The van der Waals surface area contributed by atoms with Gasteiger partial charge in [-0.1, -0.05) is 18.6 Å². The highest BCUT2D eigenvalue weighted by Gasteiger charge is 2.36. The van der Waals surface area contributed by atoms with Crippen molar-refractivity contribution in [3.8, 4) is 5.69 Å². The predicted molar refractivity (Wildman–Crippen MR) is 141 cm³/mol. The SMILES string of the molecule is CN1CCCN(Cc2cc(C(F)(F)F)c3cn(-c4cccc([C@H](c5nncn5C)C5CCC5)c4)c(=O)n3c2)C1=O. The smallest absolute Gasteiger partial charge is 0.328 e. The third-order valence-electron chi connectivity index (χ3n) is 8.17. The molecule has 9 nitrogen and oxygen atoms in total. The Bertz CT molecular complexity index is 1630. The number of alkyl halides is 3. The van der Waals surface area contributed by atoms with E-state index in [4.69, 9.17) is 0 Å². The number of benzene rings is 1. The summed E-state index contributed by atoms with van der Waals surface area (Å²) in [4.78, 5) is 29.2. The molecule has 1 atom stereocenters. The molecule has 0 radical (unpaired) electrons. The van der Waals surface area contributed by atoms with E-state index in [1.54, 1.807) is 24.3 Å². The highest BCUT2D eigenvalue weighted by molar-refractivity contribution is 5.75. The van der Waals surface area contributed by atoms with Gasteiger partial charge >= 0.3 is 17.9 Å². The molecule has 3 aromatic heterocycles. The van der Waals surface area contributed by atoms with Gasteiger partial charge in [0.1, 0.15) is 12.2 Å². The van der Waals surface area contributed by atoms with Crippen LogP contribution in [0, 0.1) is 5.92 Å². The van der Waals surface area contributed by atoms with Gasteiger partial charge in [-0.15, -0.1) is 10.2 Å². The molecular formula is C28H30F3N7O2. The number of aromatic nitrogens is 5. The Morgan fingerprint density at radius 1 is 1.05 bits per heavy atom. The van der Waals surface area contributed by atoms with E-state index in [1.165, 1.54) is 21.9 Å². The Morgan fingerprint density at radius 2 is 1.85 bits per heavy atom. The number of fused-ring (bicyclic) bond motifs is 1. The van der Waals surface area contributed by atoms with E-state index >= 15 is 0 Å². The van der Waals surface area contributed by atoms with Crippen molar-refractivity contribution in [1.29, 1.82) is 0 Å². The summed E-state index contributed by atoms with van der Waals surface area (Å²) in [5.74, 6) is 1.16. The van der Waals surface area contributed by atoms with Gasteiger partial charge in [0.05, 0.1) is 16.8 Å². The molecule has 1 aromatic carbocycles. The lowest BCUT2D eigenvalue weighted by Crippen LogP contribution is -2.46. The number of rotatable bonds is 6. The minimum atomic E-state index is -4.69. The van der Waals surface area contributed by atoms with Gasteiger partial charge < -0.3 is 14.4 Å². The first-order chi connectivity index (χ1) is 19.1. The van der Waals surface area contributed by atoms with Crippen molar-refractivity contribution in [3.05, 3.63) is 82.1 Å². The highest BCUT2D eigenvalue weighted by Crippen LogP contribution is 2.43. The summed E-state index contributed by atoms with van der Waals surface area (Å²) in [6.45, 7) is 1.02. The maximum Gasteiger partial charge on any atom is 0.418 e. The summed E-state index contributed by atoms with van der Waals surface area (Å²) in [7, 11) is 3.55. The third kappa shape index (κ3) is 4.54. The van der Waals surface area contributed by atoms with Crippen molar-refractivity contribution in [1.82, 2.24) is 33.5 Å². The van der Waals surface area contributed by atoms with E-state index < -0.39 is 17.4 Å². The normalized spacial score (nSPS) is 17.5. The number of hydrogen-bond acceptors (Lipinski definition) is 4. The molecule has 0 unspecified atom stereocenters. The second-order valence-electron chi connectivity index (χ2n) is 10.8. The summed E-state index contributed by atoms with van der Waals surface area (Å²) in [6.07, 6.45) is 3.56. The monoisotopic (exact) mass is 553 g/mol. The van der Waals surface area contributed by atoms with E-state index in [0.29, 0.717) is 24.7 Å². The first-order valence-electron chi connectivity index (χ1n) is 13.4. The lowest BCUT2D eigenvalue weighted by molar-refractivity contribution is -0.136. The van der Waals surface area contributed by atoms with Gasteiger partial charge in [-0.25, -0.2) is 9.59 Å². The molecule has 4 heterocycles. The number of nitrogens with zero attached hydrogens (tertiary/aromatic N) is 7. The summed E-state index contributed by atoms with van der Waals surface area (Å²) in [5.41, 5.74) is -0.117. The minimum Gasteiger partial charge on any atom is -0.328 e. The van der Waals surface area contributed by atoms with Gasteiger partial charge in [0.25, 0.3) is 0 Å².